The number of amides is 1. The van der Waals surface area contributed by atoms with Crippen LogP contribution in [-0.4, -0.2) is 35.1 Å². The molecule has 0 aliphatic rings. The molecule has 14 heavy (non-hydrogen) atoms. The first-order valence-electron chi connectivity index (χ1n) is 4.01. The smallest absolute Gasteiger partial charge is 0.330 e. The number of esters is 1. The van der Waals surface area contributed by atoms with Gasteiger partial charge in [0.05, 0.1) is 0 Å². The quantitative estimate of drug-likeness (QED) is 0.602. The highest BCUT2D eigenvalue weighted by molar-refractivity contribution is 5.82. The fourth-order valence-corrected chi connectivity index (χ4v) is 0.929. The van der Waals surface area contributed by atoms with Crippen molar-refractivity contribution in [1.29, 1.82) is 0 Å². The Balaban J connectivity index is 4.40. The largest absolute Gasteiger partial charge is 0.480 e. The number of hydrogen-bond acceptors (Lipinski definition) is 4. The Morgan fingerprint density at radius 3 is 2.07 bits per heavy atom. The highest BCUT2D eigenvalue weighted by atomic mass is 16.5. The summed E-state index contributed by atoms with van der Waals surface area (Å²) in [6.07, 6.45) is -0.895. The average Bonchev–Trinajstić information content (AvgIpc) is 1.97. The fourth-order valence-electron chi connectivity index (χ4n) is 0.929. The van der Waals surface area contributed by atoms with Crippen molar-refractivity contribution in [3.05, 3.63) is 0 Å². The van der Waals surface area contributed by atoms with Gasteiger partial charge < -0.3 is 15.2 Å². The molecule has 0 fully saturated rings. The van der Waals surface area contributed by atoms with E-state index in [0.29, 0.717) is 0 Å². The maximum atomic E-state index is 10.7. The average molecular weight is 203 g/mol. The van der Waals surface area contributed by atoms with Gasteiger partial charge in [-0.15, -0.1) is 0 Å². The number of carbonyl (C=O) groups is 3. The lowest BCUT2D eigenvalue weighted by atomic mass is 10.2. The molecule has 0 aromatic carbocycles. The van der Waals surface area contributed by atoms with Gasteiger partial charge in [0.1, 0.15) is 6.10 Å². The van der Waals surface area contributed by atoms with E-state index in [2.05, 4.69) is 10.1 Å². The molecule has 2 atom stereocenters. The molecule has 0 rings (SSSR count). The molecule has 0 saturated heterocycles. The van der Waals surface area contributed by atoms with E-state index in [1.165, 1.54) is 20.8 Å². The number of hydrogen-bond donors (Lipinski definition) is 2. The number of carboxylic acids is 1. The predicted molar refractivity (Wildman–Crippen MR) is 46.5 cm³/mol. The third-order valence-electron chi connectivity index (χ3n) is 1.45. The second kappa shape index (κ2) is 5.21. The van der Waals surface area contributed by atoms with Crippen LogP contribution in [-0.2, 0) is 19.1 Å². The van der Waals surface area contributed by atoms with Crippen LogP contribution in [0, 0.1) is 0 Å². The molecular weight excluding hydrogens is 190 g/mol. The summed E-state index contributed by atoms with van der Waals surface area (Å²) in [4.78, 5) is 31.8. The van der Waals surface area contributed by atoms with E-state index in [0.717, 1.165) is 0 Å². The maximum Gasteiger partial charge on any atom is 0.330 e. The van der Waals surface area contributed by atoms with Gasteiger partial charge in [0.15, 0.2) is 6.04 Å². The Morgan fingerprint density at radius 1 is 1.29 bits per heavy atom. The number of rotatable bonds is 4. The molecule has 0 radical (unpaired) electrons. The van der Waals surface area contributed by atoms with Gasteiger partial charge in [0.25, 0.3) is 0 Å². The Labute approximate surface area is 81.2 Å². The summed E-state index contributed by atoms with van der Waals surface area (Å²) >= 11 is 0. The number of carboxylic acid groups (broad SMARTS) is 1. The fraction of sp³-hybridized carbons (Fsp3) is 0.625. The van der Waals surface area contributed by atoms with Crippen molar-refractivity contribution in [1.82, 2.24) is 5.32 Å². The summed E-state index contributed by atoms with van der Waals surface area (Å²) in [6.45, 7) is 3.76. The molecule has 0 spiro atoms. The molecule has 0 aliphatic carbocycles. The van der Waals surface area contributed by atoms with E-state index in [-0.39, 0.29) is 0 Å². The maximum absolute atomic E-state index is 10.7. The molecule has 0 aliphatic heterocycles. The van der Waals surface area contributed by atoms with Crippen molar-refractivity contribution in [3.8, 4) is 0 Å². The van der Waals surface area contributed by atoms with Crippen molar-refractivity contribution < 1.29 is 24.2 Å². The standard InChI is InChI=1S/C8H13NO5/c1-4(14-6(3)11)7(8(12)13)9-5(2)10/h4,7H,1-3H3,(H,9,10)(H,12,13)/t4-,7-/m1/s1. The number of ether oxygens (including phenoxy) is 1. The molecule has 0 saturated carbocycles. The van der Waals surface area contributed by atoms with Crippen LogP contribution in [0.4, 0.5) is 0 Å². The lowest BCUT2D eigenvalue weighted by Gasteiger charge is -2.20. The molecule has 0 aromatic rings. The summed E-state index contributed by atoms with van der Waals surface area (Å²) in [6, 6.07) is -1.21. The highest BCUT2D eigenvalue weighted by Crippen LogP contribution is 2.00. The SMILES string of the molecule is CC(=O)N[C@@H](C(=O)O)[C@@H](C)OC(C)=O. The predicted octanol–water partition coefficient (Wildman–Crippen LogP) is -0.473. The van der Waals surface area contributed by atoms with Crippen LogP contribution >= 0.6 is 0 Å². The molecule has 0 bridgehead atoms. The summed E-state index contributed by atoms with van der Waals surface area (Å²) in [5, 5.41) is 10.9. The van der Waals surface area contributed by atoms with Crippen LogP contribution in [0.1, 0.15) is 20.8 Å². The Kier molecular flexibility index (Phi) is 4.62. The molecule has 2 N–H and O–H groups in total. The Bertz CT molecular complexity index is 250. The summed E-state index contributed by atoms with van der Waals surface area (Å²) in [7, 11) is 0. The third kappa shape index (κ3) is 4.44. The zero-order valence-corrected chi connectivity index (χ0v) is 8.23. The van der Waals surface area contributed by atoms with Crippen LogP contribution in [0.3, 0.4) is 0 Å². The van der Waals surface area contributed by atoms with E-state index in [1.807, 2.05) is 0 Å². The second-order valence-electron chi connectivity index (χ2n) is 2.83. The molecule has 0 heterocycles. The van der Waals surface area contributed by atoms with Crippen LogP contribution in [0.2, 0.25) is 0 Å². The first kappa shape index (κ1) is 12.4. The van der Waals surface area contributed by atoms with Crippen molar-refractivity contribution in [2.24, 2.45) is 0 Å². The van der Waals surface area contributed by atoms with Crippen LogP contribution < -0.4 is 5.32 Å². The first-order chi connectivity index (χ1) is 6.34. The molecule has 80 valence electrons. The van der Waals surface area contributed by atoms with Gasteiger partial charge >= 0.3 is 11.9 Å². The van der Waals surface area contributed by atoms with Crippen molar-refractivity contribution in [2.45, 2.75) is 32.9 Å². The first-order valence-corrected chi connectivity index (χ1v) is 4.01. The molecule has 6 heteroatoms. The molecule has 0 unspecified atom stereocenters. The van der Waals surface area contributed by atoms with Crippen LogP contribution in [0.25, 0.3) is 0 Å². The lowest BCUT2D eigenvalue weighted by molar-refractivity contribution is -0.154. The summed E-state index contributed by atoms with van der Waals surface area (Å²) in [5.74, 6) is -2.32. The van der Waals surface area contributed by atoms with Crippen LogP contribution in [0.15, 0.2) is 0 Å². The van der Waals surface area contributed by atoms with Gasteiger partial charge in [-0.25, -0.2) is 4.79 Å². The molecule has 1 amide bonds. The third-order valence-corrected chi connectivity index (χ3v) is 1.45. The van der Waals surface area contributed by atoms with E-state index < -0.39 is 30.0 Å². The highest BCUT2D eigenvalue weighted by Gasteiger charge is 2.27. The van der Waals surface area contributed by atoms with E-state index >= 15 is 0 Å². The molecule has 0 aromatic heterocycles. The van der Waals surface area contributed by atoms with Crippen molar-refractivity contribution in [3.63, 3.8) is 0 Å². The van der Waals surface area contributed by atoms with Gasteiger partial charge in [-0.3, -0.25) is 9.59 Å². The topological polar surface area (TPSA) is 92.7 Å². The zero-order valence-electron chi connectivity index (χ0n) is 8.23. The van der Waals surface area contributed by atoms with E-state index in [9.17, 15) is 14.4 Å². The van der Waals surface area contributed by atoms with Gasteiger partial charge in [-0.05, 0) is 6.92 Å². The molecule has 6 nitrogen and oxygen atoms in total. The molecular formula is C8H13NO5. The Hall–Kier alpha value is -1.59. The van der Waals surface area contributed by atoms with Gasteiger partial charge in [0, 0.05) is 13.8 Å². The van der Waals surface area contributed by atoms with Crippen molar-refractivity contribution >= 4 is 17.8 Å². The summed E-state index contributed by atoms with van der Waals surface area (Å²) in [5.41, 5.74) is 0. The van der Waals surface area contributed by atoms with Gasteiger partial charge in [-0.1, -0.05) is 0 Å². The number of carbonyl (C=O) groups excluding carboxylic acids is 2. The zero-order chi connectivity index (χ0) is 11.3. The monoisotopic (exact) mass is 203 g/mol. The second-order valence-corrected chi connectivity index (χ2v) is 2.83. The normalized spacial score (nSPS) is 13.9. The summed E-state index contributed by atoms with van der Waals surface area (Å²) < 4.78 is 4.64. The lowest BCUT2D eigenvalue weighted by Crippen LogP contribution is -2.48. The van der Waals surface area contributed by atoms with Gasteiger partial charge in [0.2, 0.25) is 5.91 Å². The van der Waals surface area contributed by atoms with Crippen LogP contribution in [0.5, 0.6) is 0 Å². The van der Waals surface area contributed by atoms with Gasteiger partial charge in [-0.2, -0.15) is 0 Å². The number of nitrogens with one attached hydrogen (secondary N) is 1. The Morgan fingerprint density at radius 2 is 1.79 bits per heavy atom. The van der Waals surface area contributed by atoms with E-state index in [4.69, 9.17) is 5.11 Å². The minimum absolute atomic E-state index is 0.489. The minimum Gasteiger partial charge on any atom is -0.480 e. The van der Waals surface area contributed by atoms with E-state index in [1.54, 1.807) is 0 Å². The number of aliphatic carboxylic acids is 1. The minimum atomic E-state index is -1.24. The van der Waals surface area contributed by atoms with Crippen molar-refractivity contribution in [2.75, 3.05) is 0 Å².